The molecular weight excluding hydrogens is 356 g/mol. The van der Waals surface area contributed by atoms with E-state index in [4.69, 9.17) is 18.9 Å². The lowest BCUT2D eigenvalue weighted by atomic mass is 10.2. The molecule has 0 unspecified atom stereocenters. The second-order valence-electron chi connectivity index (χ2n) is 5.93. The molecule has 6 nitrogen and oxygen atoms in total. The molecule has 5 rings (SSSR count). The number of nitrogens with zero attached hydrogens (tertiary/aromatic N) is 2. The van der Waals surface area contributed by atoms with Crippen LogP contribution in [0.4, 0.5) is 0 Å². The van der Waals surface area contributed by atoms with E-state index >= 15 is 0 Å². The summed E-state index contributed by atoms with van der Waals surface area (Å²) >= 11 is 0. The van der Waals surface area contributed by atoms with Crippen LogP contribution in [0.15, 0.2) is 48.8 Å². The molecule has 0 aliphatic carbocycles. The molecule has 0 saturated carbocycles. The number of rotatable bonds is 0. The number of fused-ring (bicyclic) bond motifs is 2. The maximum atomic E-state index is 5.36. The van der Waals surface area contributed by atoms with Crippen molar-refractivity contribution in [3.8, 4) is 46.7 Å². The van der Waals surface area contributed by atoms with Gasteiger partial charge in [-0.3, -0.25) is 4.98 Å². The Hall–Kier alpha value is -4.16. The monoisotopic (exact) mass is 368 g/mol. The van der Waals surface area contributed by atoms with Crippen molar-refractivity contribution in [2.24, 2.45) is 0 Å². The molecule has 134 valence electrons. The van der Waals surface area contributed by atoms with E-state index in [2.05, 4.69) is 33.6 Å². The Balaban J connectivity index is 1.36. The van der Waals surface area contributed by atoms with Crippen LogP contribution in [0.5, 0.6) is 23.0 Å². The Labute approximate surface area is 161 Å². The molecule has 0 fully saturated rings. The first kappa shape index (κ1) is 16.0. The van der Waals surface area contributed by atoms with Gasteiger partial charge in [0, 0.05) is 11.1 Å². The highest BCUT2D eigenvalue weighted by molar-refractivity contribution is 5.52. The third kappa shape index (κ3) is 3.27. The number of ether oxygens (including phenoxy) is 4. The minimum absolute atomic E-state index is 0.238. The van der Waals surface area contributed by atoms with Crippen molar-refractivity contribution in [1.29, 1.82) is 0 Å². The van der Waals surface area contributed by atoms with Gasteiger partial charge in [-0.2, -0.15) is 0 Å². The van der Waals surface area contributed by atoms with Gasteiger partial charge < -0.3 is 18.9 Å². The summed E-state index contributed by atoms with van der Waals surface area (Å²) in [5.41, 5.74) is 2.69. The Morgan fingerprint density at radius 3 is 1.64 bits per heavy atom. The highest BCUT2D eigenvalue weighted by Crippen LogP contribution is 2.33. The highest BCUT2D eigenvalue weighted by Gasteiger charge is 2.13. The fourth-order valence-corrected chi connectivity index (χ4v) is 2.71. The van der Waals surface area contributed by atoms with Crippen molar-refractivity contribution >= 4 is 0 Å². The molecule has 0 spiro atoms. The summed E-state index contributed by atoms with van der Waals surface area (Å²) < 4.78 is 21.3. The van der Waals surface area contributed by atoms with Crippen LogP contribution in [0, 0.1) is 23.7 Å². The molecule has 3 aromatic rings. The normalized spacial score (nSPS) is 12.6. The Morgan fingerprint density at radius 2 is 1.11 bits per heavy atom. The van der Waals surface area contributed by atoms with E-state index < -0.39 is 0 Å². The van der Waals surface area contributed by atoms with E-state index in [0.29, 0.717) is 22.9 Å². The van der Waals surface area contributed by atoms with Gasteiger partial charge in [-0.05, 0) is 48.2 Å². The Bertz CT molecular complexity index is 1110. The van der Waals surface area contributed by atoms with Gasteiger partial charge >= 0.3 is 0 Å². The molecule has 2 aromatic carbocycles. The molecule has 0 amide bonds. The second-order valence-corrected chi connectivity index (χ2v) is 5.93. The molecule has 6 heteroatoms. The fraction of sp³-hybridized carbons (Fsp3) is 0.0909. The zero-order valence-electron chi connectivity index (χ0n) is 14.6. The molecule has 0 radical (unpaired) electrons. The molecule has 28 heavy (non-hydrogen) atoms. The van der Waals surface area contributed by atoms with E-state index in [0.717, 1.165) is 22.6 Å². The summed E-state index contributed by atoms with van der Waals surface area (Å²) in [6.07, 6.45) is 3.21. The van der Waals surface area contributed by atoms with Crippen LogP contribution in [0.1, 0.15) is 22.5 Å². The van der Waals surface area contributed by atoms with E-state index in [1.807, 2.05) is 36.4 Å². The summed E-state index contributed by atoms with van der Waals surface area (Å²) in [6.45, 7) is 0.476. The van der Waals surface area contributed by atoms with Gasteiger partial charge in [0.15, 0.2) is 23.0 Å². The summed E-state index contributed by atoms with van der Waals surface area (Å²) in [4.78, 5) is 8.59. The van der Waals surface area contributed by atoms with Gasteiger partial charge in [-0.15, -0.1) is 0 Å². The number of benzene rings is 2. The maximum Gasteiger partial charge on any atom is 0.231 e. The van der Waals surface area contributed by atoms with Crippen LogP contribution in [0.2, 0.25) is 0 Å². The summed E-state index contributed by atoms with van der Waals surface area (Å²) in [7, 11) is 0. The quantitative estimate of drug-likeness (QED) is 0.569. The van der Waals surface area contributed by atoms with Gasteiger partial charge in [0.05, 0.1) is 12.4 Å². The highest BCUT2D eigenvalue weighted by atomic mass is 16.7. The lowest BCUT2D eigenvalue weighted by Gasteiger charge is -1.96. The average molecular weight is 368 g/mol. The second kappa shape index (κ2) is 6.86. The summed E-state index contributed by atoms with van der Waals surface area (Å²) in [6, 6.07) is 11.1. The van der Waals surface area contributed by atoms with Crippen LogP contribution < -0.4 is 18.9 Å². The zero-order valence-corrected chi connectivity index (χ0v) is 14.6. The van der Waals surface area contributed by atoms with Crippen molar-refractivity contribution in [2.45, 2.75) is 0 Å². The molecule has 0 N–H and O–H groups in total. The van der Waals surface area contributed by atoms with E-state index in [-0.39, 0.29) is 13.6 Å². The topological polar surface area (TPSA) is 62.7 Å². The smallest absolute Gasteiger partial charge is 0.231 e. The first-order valence-electron chi connectivity index (χ1n) is 8.49. The Kier molecular flexibility index (Phi) is 3.93. The SMILES string of the molecule is C(#Cc1cncc(C#Cc2ccc3c(c2)OCO3)n1)c1ccc2c(c1)OCO2. The van der Waals surface area contributed by atoms with Crippen LogP contribution in [-0.2, 0) is 0 Å². The van der Waals surface area contributed by atoms with Crippen molar-refractivity contribution in [1.82, 2.24) is 9.97 Å². The van der Waals surface area contributed by atoms with Gasteiger partial charge in [0.1, 0.15) is 11.4 Å². The number of hydrogen-bond acceptors (Lipinski definition) is 6. The van der Waals surface area contributed by atoms with Crippen molar-refractivity contribution in [2.75, 3.05) is 13.6 Å². The summed E-state index contributed by atoms with van der Waals surface area (Å²) in [5, 5.41) is 0. The molecule has 2 aliphatic heterocycles. The van der Waals surface area contributed by atoms with Gasteiger partial charge in [0.2, 0.25) is 13.6 Å². The van der Waals surface area contributed by atoms with Gasteiger partial charge in [-0.25, -0.2) is 4.98 Å². The molecule has 0 bridgehead atoms. The first-order valence-corrected chi connectivity index (χ1v) is 8.49. The number of hydrogen-bond donors (Lipinski definition) is 0. The van der Waals surface area contributed by atoms with Crippen molar-refractivity contribution in [3.63, 3.8) is 0 Å². The van der Waals surface area contributed by atoms with Crippen molar-refractivity contribution in [3.05, 3.63) is 71.3 Å². The first-order chi connectivity index (χ1) is 13.8. The van der Waals surface area contributed by atoms with E-state index in [9.17, 15) is 0 Å². The molecule has 0 saturated heterocycles. The summed E-state index contributed by atoms with van der Waals surface area (Å²) in [5.74, 6) is 15.0. The zero-order chi connectivity index (χ0) is 18.8. The van der Waals surface area contributed by atoms with E-state index in [1.165, 1.54) is 0 Å². The lowest BCUT2D eigenvalue weighted by molar-refractivity contribution is 0.173. The molecule has 3 heterocycles. The molecular formula is C22H12N2O4. The third-order valence-corrected chi connectivity index (χ3v) is 4.05. The largest absolute Gasteiger partial charge is 0.454 e. The van der Waals surface area contributed by atoms with Crippen LogP contribution in [0.25, 0.3) is 0 Å². The van der Waals surface area contributed by atoms with Gasteiger partial charge in [-0.1, -0.05) is 11.8 Å². The Morgan fingerprint density at radius 1 is 0.607 bits per heavy atom. The standard InChI is InChI=1S/C22H12N2O4/c1(15-3-7-19-21(9-15)27-13-25-19)5-17-11-23-12-18(24-17)6-2-16-4-8-20-22(10-16)28-14-26-20/h3-4,7-12H,13-14H2. The third-order valence-electron chi connectivity index (χ3n) is 4.05. The van der Waals surface area contributed by atoms with Crippen molar-refractivity contribution < 1.29 is 18.9 Å². The molecule has 0 atom stereocenters. The minimum atomic E-state index is 0.238. The lowest BCUT2D eigenvalue weighted by Crippen LogP contribution is -1.92. The molecule has 1 aromatic heterocycles. The average Bonchev–Trinajstić information content (AvgIpc) is 3.39. The predicted molar refractivity (Wildman–Crippen MR) is 99.1 cm³/mol. The minimum Gasteiger partial charge on any atom is -0.454 e. The molecule has 2 aliphatic rings. The number of aromatic nitrogens is 2. The van der Waals surface area contributed by atoms with Crippen LogP contribution in [0.3, 0.4) is 0 Å². The maximum absolute atomic E-state index is 5.36. The predicted octanol–water partition coefficient (Wildman–Crippen LogP) is 2.73. The fourth-order valence-electron chi connectivity index (χ4n) is 2.71. The van der Waals surface area contributed by atoms with Crippen LogP contribution >= 0.6 is 0 Å². The van der Waals surface area contributed by atoms with Crippen LogP contribution in [-0.4, -0.2) is 23.6 Å². The van der Waals surface area contributed by atoms with E-state index in [1.54, 1.807) is 12.4 Å². The van der Waals surface area contributed by atoms with Gasteiger partial charge in [0.25, 0.3) is 0 Å².